The van der Waals surface area contributed by atoms with Crippen LogP contribution in [0.2, 0.25) is 0 Å². The summed E-state index contributed by atoms with van der Waals surface area (Å²) in [4.78, 5) is 189. The van der Waals surface area contributed by atoms with Gasteiger partial charge in [-0.05, 0) is 118 Å². The molecule has 548 valence electrons. The predicted molar refractivity (Wildman–Crippen MR) is 392 cm³/mol. The number of hydrogen-bond donors (Lipinski definition) is 13. The van der Waals surface area contributed by atoms with Crippen LogP contribution in [0.15, 0.2) is 121 Å². The summed E-state index contributed by atoms with van der Waals surface area (Å²) in [6.45, 7) is 20.3. The van der Waals surface area contributed by atoms with Crippen LogP contribution in [0.3, 0.4) is 0 Å². The van der Waals surface area contributed by atoms with Crippen molar-refractivity contribution < 1.29 is 71.9 Å². The van der Waals surface area contributed by atoms with Crippen LogP contribution in [-0.4, -0.2) is 179 Å². The molecule has 101 heavy (non-hydrogen) atoms. The van der Waals surface area contributed by atoms with E-state index in [-0.39, 0.29) is 12.3 Å². The summed E-state index contributed by atoms with van der Waals surface area (Å²) >= 11 is 13.0. The Morgan fingerprint density at radius 3 is 0.842 bits per heavy atom. The molecule has 0 bridgehead atoms. The van der Waals surface area contributed by atoms with E-state index >= 15 is 0 Å². The Balaban J connectivity index is 1.54. The minimum Gasteiger partial charge on any atom is -0.467 e. The molecule has 4 aromatic carbocycles. The fourth-order valence-electron chi connectivity index (χ4n) is 9.75. The largest absolute Gasteiger partial charge is 0.467 e. The van der Waals surface area contributed by atoms with Crippen molar-refractivity contribution in [2.24, 2.45) is 0 Å². The molecule has 28 nitrogen and oxygen atoms in total. The van der Waals surface area contributed by atoms with Gasteiger partial charge in [0.15, 0.2) is 0 Å². The maximum atomic E-state index is 14.7. The summed E-state index contributed by atoms with van der Waals surface area (Å²) in [6.07, 6.45) is -0.359. The molecule has 0 fully saturated rings. The highest BCUT2D eigenvalue weighted by atomic mass is 32.4. The Morgan fingerprint density at radius 2 is 0.554 bits per heavy atom. The number of esters is 1. The van der Waals surface area contributed by atoms with Crippen molar-refractivity contribution in [1.29, 1.82) is 0 Å². The van der Waals surface area contributed by atoms with E-state index in [1.54, 1.807) is 97.1 Å². The number of hydrogen-bond acceptors (Lipinski definition) is 17. The maximum Gasteiger partial charge on any atom is 0.328 e. The summed E-state index contributed by atoms with van der Waals surface area (Å²) < 4.78 is 4.62. The first kappa shape index (κ1) is 84.2. The third-order valence-electron chi connectivity index (χ3n) is 16.1. The van der Waals surface area contributed by atoms with Gasteiger partial charge in [0.1, 0.15) is 77.0 Å². The zero-order valence-corrected chi connectivity index (χ0v) is 63.0. The number of benzene rings is 4. The molecule has 0 saturated heterocycles. The molecule has 0 spiro atoms. The van der Waals surface area contributed by atoms with Crippen molar-refractivity contribution in [3.05, 3.63) is 121 Å². The van der Waals surface area contributed by atoms with Gasteiger partial charge in [-0.3, -0.25) is 62.3 Å². The van der Waals surface area contributed by atoms with E-state index in [4.69, 9.17) is 23.6 Å². The first-order chi connectivity index (χ1) is 47.0. The van der Waals surface area contributed by atoms with Crippen LogP contribution >= 0.6 is 12.1 Å². The smallest absolute Gasteiger partial charge is 0.328 e. The number of ether oxygens (including phenoxy) is 1. The van der Waals surface area contributed by atoms with Crippen LogP contribution in [0.5, 0.6) is 0 Å². The lowest BCUT2D eigenvalue weighted by molar-refractivity contribution is -0.145. The van der Waals surface area contributed by atoms with E-state index in [0.717, 1.165) is 7.11 Å². The molecule has 4 rings (SSSR count). The van der Waals surface area contributed by atoms with Crippen LogP contribution in [0.1, 0.15) is 104 Å². The van der Waals surface area contributed by atoms with E-state index in [1.807, 2.05) is 24.3 Å². The van der Waals surface area contributed by atoms with Gasteiger partial charge in [-0.2, -0.15) is 0 Å². The van der Waals surface area contributed by atoms with Gasteiger partial charge in [0.05, 0.1) is 7.11 Å². The molecule has 0 heterocycles. The Bertz CT molecular complexity index is 3710. The van der Waals surface area contributed by atoms with Crippen LogP contribution in [-0.2, 0) is 95.5 Å². The molecule has 0 aliphatic carbocycles. The standard InChI is InChI=1S/C69H95N13O15P2S2/c1-39(73-61(91)52(37-98(100,48-29-21-17-22-30-48)49-31-23-18-24-32-49)78-57(87)42(4)77-65(95)67(10,11)80-58(88)43(5)70-47(9)83)54(84)72-45(7)60(90)82-69(14,15)66(96)79-53(38-99(101,50-33-25-19-26-34-50)51-35-27-20-28-36-51)62(92)74-40(2)55(85)71-44(6)59(89)81-68(12,13)64(94)76-41(3)56(86)75-46(8)63(93)97-16/h17-36,39-46,52-53H,37-38H2,1-16H3,(H,70,83)(H,71,85)(H,72,84)(H,73,91)(H,74,92)(H,75,86)(H,76,94)(H,77,95)(H,78,87)(H,79,96)(H,80,88)(H,81,89)(H,82,90)/t39-,40-,41-,42-,43-,44-,45-,46-,52-,53-/m0/s1. The molecule has 4 aromatic rings. The van der Waals surface area contributed by atoms with Crippen molar-refractivity contribution in [3.8, 4) is 0 Å². The van der Waals surface area contributed by atoms with E-state index in [1.165, 1.54) is 104 Å². The minimum absolute atomic E-state index is 0.163. The third-order valence-corrected chi connectivity index (χ3v) is 25.8. The molecule has 0 unspecified atom stereocenters. The normalized spacial score (nSPS) is 14.7. The Hall–Kier alpha value is -9.24. The molecule has 0 saturated carbocycles. The summed E-state index contributed by atoms with van der Waals surface area (Å²) in [5, 5.41) is 36.1. The lowest BCUT2D eigenvalue weighted by Gasteiger charge is -2.33. The summed E-state index contributed by atoms with van der Waals surface area (Å²) in [7, 11) is 1.15. The predicted octanol–water partition coefficient (Wildman–Crippen LogP) is -0.868. The summed E-state index contributed by atoms with van der Waals surface area (Å²) in [5.41, 5.74) is -5.09. The van der Waals surface area contributed by atoms with Gasteiger partial charge in [0.25, 0.3) is 0 Å². The van der Waals surface area contributed by atoms with Gasteiger partial charge in [0.2, 0.25) is 76.8 Å². The van der Waals surface area contributed by atoms with Gasteiger partial charge >= 0.3 is 5.97 Å². The highest BCUT2D eigenvalue weighted by molar-refractivity contribution is 8.22. The van der Waals surface area contributed by atoms with Crippen molar-refractivity contribution >= 4 is 140 Å². The second-order valence-corrected chi connectivity index (χ2v) is 35.6. The quantitative estimate of drug-likeness (QED) is 0.0200. The molecule has 0 aliphatic rings. The molecule has 0 aromatic heterocycles. The first-order valence-corrected chi connectivity index (χ1v) is 38.4. The Labute approximate surface area is 599 Å². The van der Waals surface area contributed by atoms with E-state index in [2.05, 4.69) is 73.9 Å². The fraction of sp³-hybridized carbons (Fsp3) is 0.449. The molecule has 0 aliphatic heterocycles. The van der Waals surface area contributed by atoms with Gasteiger partial charge in [-0.25, -0.2) is 4.79 Å². The van der Waals surface area contributed by atoms with Crippen molar-refractivity contribution in [2.45, 2.75) is 181 Å². The number of amides is 13. The monoisotopic (exact) mass is 1470 g/mol. The lowest BCUT2D eigenvalue weighted by Crippen LogP contribution is -2.63. The number of carbonyl (C=O) groups excluding carboxylic acids is 14. The molecule has 13 amide bonds. The highest BCUT2D eigenvalue weighted by Gasteiger charge is 2.41. The van der Waals surface area contributed by atoms with Gasteiger partial charge < -0.3 is 73.9 Å². The Kier molecular flexibility index (Phi) is 30.8. The number of nitrogens with one attached hydrogen (secondary N) is 13. The van der Waals surface area contributed by atoms with E-state index in [0.29, 0.717) is 21.2 Å². The van der Waals surface area contributed by atoms with Crippen LogP contribution in [0.25, 0.3) is 0 Å². The fourth-order valence-corrected chi connectivity index (χ4v) is 17.7. The summed E-state index contributed by atoms with van der Waals surface area (Å²) in [5.74, 6) is -11.0. The van der Waals surface area contributed by atoms with Crippen molar-refractivity contribution in [2.75, 3.05) is 19.4 Å². The van der Waals surface area contributed by atoms with Crippen LogP contribution in [0.4, 0.5) is 0 Å². The molecule has 0 radical (unpaired) electrons. The average Bonchev–Trinajstić information content (AvgIpc) is 0.789. The van der Waals surface area contributed by atoms with Gasteiger partial charge in [-0.15, -0.1) is 0 Å². The van der Waals surface area contributed by atoms with E-state index < -0.39 is 172 Å². The molecular formula is C69H95N13O15P2S2. The van der Waals surface area contributed by atoms with Gasteiger partial charge in [0, 0.05) is 31.3 Å². The Morgan fingerprint density at radius 1 is 0.327 bits per heavy atom. The lowest BCUT2D eigenvalue weighted by atomic mass is 10.0. The number of rotatable bonds is 34. The number of methoxy groups -OCH3 is 1. The zero-order chi connectivity index (χ0) is 76.1. The average molecular weight is 1470 g/mol. The topological polar surface area (TPSA) is 405 Å². The SMILES string of the molecule is COC(=O)[C@H](C)NC(=O)[C@H](C)NC(=O)C(C)(C)NC(=O)[C@H](C)NC(=O)[C@H](C)NC(=O)[C@H](CP(=S)(c1ccccc1)c1ccccc1)NC(=O)C(C)(C)NC(=O)[C@H](C)NC(=O)[C@H](C)NC(=O)[C@H](CP(=S)(c1ccccc1)c1ccccc1)NC(=O)[C@H](C)NC(=O)C(C)(C)NC(=O)[C@H](C)NC(C)=O. The van der Waals surface area contributed by atoms with Crippen LogP contribution < -0.4 is 90.3 Å². The van der Waals surface area contributed by atoms with Crippen molar-refractivity contribution in [3.63, 3.8) is 0 Å². The van der Waals surface area contributed by atoms with Crippen molar-refractivity contribution in [1.82, 2.24) is 69.1 Å². The zero-order valence-electron chi connectivity index (χ0n) is 59.6. The molecule has 13 N–H and O–H groups in total. The second-order valence-electron chi connectivity index (χ2n) is 26.1. The highest BCUT2D eigenvalue weighted by Crippen LogP contribution is 2.45. The number of carbonyl (C=O) groups is 14. The molecule has 10 atom stereocenters. The van der Waals surface area contributed by atoms with Gasteiger partial charge in [-0.1, -0.05) is 145 Å². The molecular weight excluding hydrogens is 1380 g/mol. The summed E-state index contributed by atoms with van der Waals surface area (Å²) in [6, 6.07) is 16.9. The maximum absolute atomic E-state index is 14.7. The molecule has 32 heteroatoms. The minimum atomic E-state index is -3.05. The van der Waals surface area contributed by atoms with E-state index in [9.17, 15) is 67.1 Å². The third kappa shape index (κ3) is 24.2. The van der Waals surface area contributed by atoms with Crippen LogP contribution in [0, 0.1) is 0 Å². The first-order valence-electron chi connectivity index (χ1n) is 32.5. The second kappa shape index (κ2) is 36.9.